The molecule has 5 nitrogen and oxygen atoms in total. The number of rotatable bonds is 5. The van der Waals surface area contributed by atoms with Gasteiger partial charge in [0.1, 0.15) is 11.5 Å². The van der Waals surface area contributed by atoms with Gasteiger partial charge in [-0.3, -0.25) is 10.2 Å². The summed E-state index contributed by atoms with van der Waals surface area (Å²) in [6.07, 6.45) is 1.94. The van der Waals surface area contributed by atoms with E-state index in [2.05, 4.69) is 10.9 Å². The molecule has 0 saturated heterocycles. The summed E-state index contributed by atoms with van der Waals surface area (Å²) in [6, 6.07) is 3.45. The van der Waals surface area contributed by atoms with Crippen LogP contribution < -0.4 is 20.3 Å². The molecule has 0 aliphatic carbocycles. The van der Waals surface area contributed by atoms with Gasteiger partial charge in [0.25, 0.3) is 5.91 Å². The maximum Gasteiger partial charge on any atom is 0.269 e. The minimum Gasteiger partial charge on any atom is -0.496 e. The molecular formula is C11H16N2O3S. The summed E-state index contributed by atoms with van der Waals surface area (Å²) in [6.45, 7) is 0. The van der Waals surface area contributed by atoms with Crippen molar-refractivity contribution in [1.29, 1.82) is 0 Å². The van der Waals surface area contributed by atoms with Gasteiger partial charge in [0.2, 0.25) is 0 Å². The van der Waals surface area contributed by atoms with Crippen molar-refractivity contribution in [3.8, 4) is 11.5 Å². The third kappa shape index (κ3) is 3.04. The van der Waals surface area contributed by atoms with E-state index in [1.54, 1.807) is 26.3 Å². The van der Waals surface area contributed by atoms with Crippen molar-refractivity contribution in [1.82, 2.24) is 10.9 Å². The van der Waals surface area contributed by atoms with E-state index in [1.165, 1.54) is 18.9 Å². The third-order valence-corrected chi connectivity index (χ3v) is 2.95. The average Bonchev–Trinajstić information content (AvgIpc) is 2.37. The fourth-order valence-electron chi connectivity index (χ4n) is 1.39. The first-order valence-corrected chi connectivity index (χ1v) is 6.17. The molecule has 17 heavy (non-hydrogen) atoms. The first kappa shape index (κ1) is 13.7. The zero-order valence-corrected chi connectivity index (χ0v) is 11.1. The molecule has 1 aromatic rings. The number of amides is 1. The van der Waals surface area contributed by atoms with E-state index >= 15 is 0 Å². The summed E-state index contributed by atoms with van der Waals surface area (Å²) >= 11 is 1.53. The predicted molar refractivity (Wildman–Crippen MR) is 67.9 cm³/mol. The van der Waals surface area contributed by atoms with Crippen LogP contribution in [0.2, 0.25) is 0 Å². The third-order valence-electron chi connectivity index (χ3n) is 2.19. The van der Waals surface area contributed by atoms with E-state index in [-0.39, 0.29) is 5.91 Å². The van der Waals surface area contributed by atoms with Crippen molar-refractivity contribution in [2.45, 2.75) is 4.90 Å². The lowest BCUT2D eigenvalue weighted by Gasteiger charge is -2.13. The molecule has 0 radical (unpaired) electrons. The van der Waals surface area contributed by atoms with Gasteiger partial charge < -0.3 is 9.47 Å². The second-order valence-electron chi connectivity index (χ2n) is 3.11. The second kappa shape index (κ2) is 6.36. The normalized spacial score (nSPS) is 9.88. The van der Waals surface area contributed by atoms with Gasteiger partial charge in [0, 0.05) is 7.05 Å². The van der Waals surface area contributed by atoms with Crippen molar-refractivity contribution in [2.75, 3.05) is 27.5 Å². The first-order chi connectivity index (χ1) is 8.17. The largest absolute Gasteiger partial charge is 0.496 e. The molecule has 1 aromatic carbocycles. The van der Waals surface area contributed by atoms with Crippen LogP contribution in [0.4, 0.5) is 0 Å². The van der Waals surface area contributed by atoms with Gasteiger partial charge in [0.15, 0.2) is 0 Å². The average molecular weight is 256 g/mol. The molecule has 0 spiro atoms. The Morgan fingerprint density at radius 2 is 1.88 bits per heavy atom. The van der Waals surface area contributed by atoms with Gasteiger partial charge in [-0.15, -0.1) is 11.8 Å². The minimum absolute atomic E-state index is 0.268. The van der Waals surface area contributed by atoms with Crippen molar-refractivity contribution < 1.29 is 14.3 Å². The van der Waals surface area contributed by atoms with Crippen LogP contribution in [0.5, 0.6) is 11.5 Å². The number of nitrogens with one attached hydrogen (secondary N) is 2. The fraction of sp³-hybridized carbons (Fsp3) is 0.364. The van der Waals surface area contributed by atoms with Crippen LogP contribution in [0.25, 0.3) is 0 Å². The fourth-order valence-corrected chi connectivity index (χ4v) is 1.96. The summed E-state index contributed by atoms with van der Waals surface area (Å²) in [5.74, 6) is 0.901. The molecule has 0 heterocycles. The SMILES string of the molecule is CNNC(=O)c1cc(OC)c(SC)cc1OC. The molecule has 6 heteroatoms. The van der Waals surface area contributed by atoms with E-state index < -0.39 is 0 Å². The van der Waals surface area contributed by atoms with Crippen molar-refractivity contribution >= 4 is 17.7 Å². The smallest absolute Gasteiger partial charge is 0.269 e. The van der Waals surface area contributed by atoms with E-state index in [4.69, 9.17) is 9.47 Å². The van der Waals surface area contributed by atoms with Gasteiger partial charge in [-0.2, -0.15) is 0 Å². The van der Waals surface area contributed by atoms with Gasteiger partial charge in [-0.25, -0.2) is 5.43 Å². The molecule has 0 aromatic heterocycles. The van der Waals surface area contributed by atoms with Crippen molar-refractivity contribution in [2.24, 2.45) is 0 Å². The van der Waals surface area contributed by atoms with Crippen LogP contribution in [0.1, 0.15) is 10.4 Å². The highest BCUT2D eigenvalue weighted by molar-refractivity contribution is 7.98. The Kier molecular flexibility index (Phi) is 5.11. The van der Waals surface area contributed by atoms with Crippen molar-refractivity contribution in [3.05, 3.63) is 17.7 Å². The topological polar surface area (TPSA) is 59.6 Å². The summed E-state index contributed by atoms with van der Waals surface area (Å²) in [4.78, 5) is 12.7. The molecule has 94 valence electrons. The number of carbonyl (C=O) groups is 1. The lowest BCUT2D eigenvalue weighted by molar-refractivity contribution is 0.0934. The quantitative estimate of drug-likeness (QED) is 0.614. The molecule has 0 aliphatic rings. The van der Waals surface area contributed by atoms with Crippen LogP contribution in [0, 0.1) is 0 Å². The summed E-state index contributed by atoms with van der Waals surface area (Å²) in [5, 5.41) is 0. The highest BCUT2D eigenvalue weighted by Crippen LogP contribution is 2.34. The maximum absolute atomic E-state index is 11.8. The zero-order chi connectivity index (χ0) is 12.8. The van der Waals surface area contributed by atoms with Crippen LogP contribution in [-0.2, 0) is 0 Å². The number of hydrogen-bond donors (Lipinski definition) is 2. The highest BCUT2D eigenvalue weighted by Gasteiger charge is 2.16. The van der Waals surface area contributed by atoms with E-state index in [9.17, 15) is 4.79 Å². The number of ether oxygens (including phenoxy) is 2. The standard InChI is InChI=1S/C11H16N2O3S/c1-12-13-11(14)7-5-9(16-3)10(17-4)6-8(7)15-2/h5-6,12H,1-4H3,(H,13,14). The second-order valence-corrected chi connectivity index (χ2v) is 3.96. The van der Waals surface area contributed by atoms with Gasteiger partial charge in [-0.05, 0) is 18.4 Å². The van der Waals surface area contributed by atoms with Crippen LogP contribution in [0.3, 0.4) is 0 Å². The molecular weight excluding hydrogens is 240 g/mol. The Bertz CT molecular complexity index is 410. The molecule has 0 bridgehead atoms. The number of carbonyl (C=O) groups excluding carboxylic acids is 1. The lowest BCUT2D eigenvalue weighted by Crippen LogP contribution is -2.34. The van der Waals surface area contributed by atoms with Gasteiger partial charge in [0.05, 0.1) is 24.7 Å². The van der Waals surface area contributed by atoms with Crippen molar-refractivity contribution in [3.63, 3.8) is 0 Å². The van der Waals surface area contributed by atoms with E-state index in [0.717, 1.165) is 4.90 Å². The summed E-state index contributed by atoms with van der Waals surface area (Å²) in [5.41, 5.74) is 5.50. The molecule has 1 amide bonds. The monoisotopic (exact) mass is 256 g/mol. The van der Waals surface area contributed by atoms with Crippen LogP contribution in [-0.4, -0.2) is 33.4 Å². The molecule has 0 saturated carbocycles. The molecule has 2 N–H and O–H groups in total. The maximum atomic E-state index is 11.8. The number of hydrogen-bond acceptors (Lipinski definition) is 5. The molecule has 0 atom stereocenters. The summed E-state index contributed by atoms with van der Waals surface area (Å²) in [7, 11) is 4.72. The Morgan fingerprint density at radius 1 is 1.24 bits per heavy atom. The summed E-state index contributed by atoms with van der Waals surface area (Å²) < 4.78 is 10.4. The molecule has 0 aliphatic heterocycles. The molecule has 1 rings (SSSR count). The number of benzene rings is 1. The molecule has 0 fully saturated rings. The van der Waals surface area contributed by atoms with E-state index in [1.807, 2.05) is 6.26 Å². The van der Waals surface area contributed by atoms with Gasteiger partial charge >= 0.3 is 0 Å². The number of methoxy groups -OCH3 is 2. The zero-order valence-electron chi connectivity index (χ0n) is 10.3. The van der Waals surface area contributed by atoms with Crippen LogP contribution in [0.15, 0.2) is 17.0 Å². The van der Waals surface area contributed by atoms with E-state index in [0.29, 0.717) is 17.1 Å². The Morgan fingerprint density at radius 3 is 2.35 bits per heavy atom. The lowest BCUT2D eigenvalue weighted by atomic mass is 10.2. The Labute approximate surface area is 105 Å². The predicted octanol–water partition coefficient (Wildman–Crippen LogP) is 1.29. The van der Waals surface area contributed by atoms with Gasteiger partial charge in [-0.1, -0.05) is 0 Å². The number of hydrazine groups is 1. The Hall–Kier alpha value is -1.40. The number of thioether (sulfide) groups is 1. The molecule has 0 unspecified atom stereocenters. The van der Waals surface area contributed by atoms with Crippen LogP contribution >= 0.6 is 11.8 Å². The minimum atomic E-state index is -0.268. The Balaban J connectivity index is 3.23. The highest BCUT2D eigenvalue weighted by atomic mass is 32.2. The first-order valence-electron chi connectivity index (χ1n) is 4.95.